The Balaban J connectivity index is 1.37. The Bertz CT molecular complexity index is 1250. The molecular formula is C24H28N6O6. The molecule has 12 heteroatoms. The van der Waals surface area contributed by atoms with Gasteiger partial charge in [-0.3, -0.25) is 24.5 Å². The number of rotatable bonds is 4. The number of piperidine rings is 1. The monoisotopic (exact) mass is 496 g/mol. The first kappa shape index (κ1) is 24.1. The largest absolute Gasteiger partial charge is 0.388 e. The number of hydrogen-bond acceptors (Lipinski definition) is 8. The predicted molar refractivity (Wildman–Crippen MR) is 124 cm³/mol. The molecule has 5 rings (SSSR count). The van der Waals surface area contributed by atoms with Crippen molar-refractivity contribution in [2.24, 2.45) is 0 Å². The van der Waals surface area contributed by atoms with E-state index in [0.717, 1.165) is 0 Å². The summed E-state index contributed by atoms with van der Waals surface area (Å²) in [5, 5.41) is 20.8. The van der Waals surface area contributed by atoms with Crippen LogP contribution in [0.1, 0.15) is 60.0 Å². The van der Waals surface area contributed by atoms with Crippen molar-refractivity contribution in [2.75, 3.05) is 13.2 Å². The third kappa shape index (κ3) is 4.16. The topological polar surface area (TPSA) is 147 Å². The fraction of sp³-hybridized carbons (Fsp3) is 0.500. The number of aliphatic hydroxyl groups excluding tert-OH is 1. The van der Waals surface area contributed by atoms with Gasteiger partial charge >= 0.3 is 0 Å². The van der Waals surface area contributed by atoms with Gasteiger partial charge in [-0.2, -0.15) is 0 Å². The average Bonchev–Trinajstić information content (AvgIpc) is 3.53. The molecular weight excluding hydrogens is 468 g/mol. The predicted octanol–water partition coefficient (Wildman–Crippen LogP) is 0.0287. The van der Waals surface area contributed by atoms with E-state index in [1.54, 1.807) is 23.1 Å². The van der Waals surface area contributed by atoms with Gasteiger partial charge in [-0.15, -0.1) is 5.10 Å². The molecule has 1 aromatic carbocycles. The molecule has 3 atom stereocenters. The zero-order valence-electron chi connectivity index (χ0n) is 20.3. The number of nitrogens with zero attached hydrogens (tertiary/aromatic N) is 5. The van der Waals surface area contributed by atoms with Crippen molar-refractivity contribution in [1.82, 2.24) is 30.1 Å². The number of imide groups is 1. The first-order chi connectivity index (χ1) is 17.0. The van der Waals surface area contributed by atoms with E-state index in [2.05, 4.69) is 15.6 Å². The number of benzene rings is 1. The van der Waals surface area contributed by atoms with E-state index in [-0.39, 0.29) is 56.0 Å². The van der Waals surface area contributed by atoms with Crippen LogP contribution in [0.15, 0.2) is 24.4 Å². The van der Waals surface area contributed by atoms with E-state index >= 15 is 0 Å². The molecule has 0 spiro atoms. The van der Waals surface area contributed by atoms with Gasteiger partial charge in [0, 0.05) is 24.1 Å². The van der Waals surface area contributed by atoms with Gasteiger partial charge < -0.3 is 19.6 Å². The van der Waals surface area contributed by atoms with Gasteiger partial charge in [0.25, 0.3) is 11.8 Å². The average molecular weight is 497 g/mol. The van der Waals surface area contributed by atoms with Gasteiger partial charge in [-0.25, -0.2) is 4.68 Å². The lowest BCUT2D eigenvalue weighted by Gasteiger charge is -2.40. The van der Waals surface area contributed by atoms with Crippen LogP contribution >= 0.6 is 0 Å². The minimum atomic E-state index is -0.787. The summed E-state index contributed by atoms with van der Waals surface area (Å²) in [6.07, 6.45) is 1.20. The molecule has 12 nitrogen and oxygen atoms in total. The SMILES string of the molecule is CC(C)(C)N(C(=O)c1cn(-c2ccc3c(c2)CN(C2CCC(=O)NC2=O)C3=O)nn1)[C@@H]1COC[C@H]1O. The lowest BCUT2D eigenvalue weighted by Crippen LogP contribution is -2.55. The summed E-state index contributed by atoms with van der Waals surface area (Å²) >= 11 is 0. The Morgan fingerprint density at radius 3 is 2.67 bits per heavy atom. The summed E-state index contributed by atoms with van der Waals surface area (Å²) in [6, 6.07) is 3.95. The molecule has 2 aromatic rings. The highest BCUT2D eigenvalue weighted by Gasteiger charge is 2.42. The Labute approximate surface area is 207 Å². The highest BCUT2D eigenvalue weighted by atomic mass is 16.5. The highest BCUT2D eigenvalue weighted by Crippen LogP contribution is 2.29. The summed E-state index contributed by atoms with van der Waals surface area (Å²) < 4.78 is 6.82. The lowest BCUT2D eigenvalue weighted by molar-refractivity contribution is -0.136. The number of ether oxygens (including phenoxy) is 1. The number of aliphatic hydroxyl groups is 1. The number of hydrogen-bond donors (Lipinski definition) is 2. The van der Waals surface area contributed by atoms with Crippen molar-refractivity contribution < 1.29 is 29.0 Å². The summed E-state index contributed by atoms with van der Waals surface area (Å²) in [5.74, 6) is -1.44. The van der Waals surface area contributed by atoms with Crippen molar-refractivity contribution in [3.05, 3.63) is 41.2 Å². The zero-order valence-corrected chi connectivity index (χ0v) is 20.3. The maximum Gasteiger partial charge on any atom is 0.276 e. The van der Waals surface area contributed by atoms with Crippen LogP contribution in [0.4, 0.5) is 0 Å². The first-order valence-corrected chi connectivity index (χ1v) is 11.8. The third-order valence-corrected chi connectivity index (χ3v) is 6.78. The van der Waals surface area contributed by atoms with E-state index in [9.17, 15) is 24.3 Å². The van der Waals surface area contributed by atoms with E-state index in [1.807, 2.05) is 20.8 Å². The van der Waals surface area contributed by atoms with Crippen molar-refractivity contribution in [3.63, 3.8) is 0 Å². The van der Waals surface area contributed by atoms with Crippen LogP contribution in [0, 0.1) is 0 Å². The number of nitrogens with one attached hydrogen (secondary N) is 1. The van der Waals surface area contributed by atoms with Crippen molar-refractivity contribution in [1.29, 1.82) is 0 Å². The van der Waals surface area contributed by atoms with Crippen molar-refractivity contribution in [2.45, 2.75) is 63.9 Å². The van der Waals surface area contributed by atoms with Gasteiger partial charge in [0.15, 0.2) is 5.69 Å². The summed E-state index contributed by atoms with van der Waals surface area (Å²) in [5.41, 5.74) is 1.32. The van der Waals surface area contributed by atoms with Crippen LogP contribution in [0.3, 0.4) is 0 Å². The molecule has 0 saturated carbocycles. The Kier molecular flexibility index (Phi) is 5.87. The highest BCUT2D eigenvalue weighted by molar-refractivity contribution is 6.05. The molecule has 36 heavy (non-hydrogen) atoms. The van der Waals surface area contributed by atoms with Gasteiger partial charge in [0.1, 0.15) is 6.04 Å². The van der Waals surface area contributed by atoms with Crippen LogP contribution < -0.4 is 5.32 Å². The van der Waals surface area contributed by atoms with Gasteiger partial charge in [-0.05, 0) is 51.0 Å². The van der Waals surface area contributed by atoms with Crippen LogP contribution in [0.25, 0.3) is 5.69 Å². The second-order valence-electron chi connectivity index (χ2n) is 10.3. The van der Waals surface area contributed by atoms with Gasteiger partial charge in [-0.1, -0.05) is 5.21 Å². The number of carbonyl (C=O) groups excluding carboxylic acids is 4. The maximum absolute atomic E-state index is 13.4. The van der Waals surface area contributed by atoms with E-state index in [1.165, 1.54) is 15.8 Å². The second-order valence-corrected chi connectivity index (χ2v) is 10.3. The van der Waals surface area contributed by atoms with Crippen molar-refractivity contribution >= 4 is 23.6 Å². The molecule has 4 amide bonds. The minimum Gasteiger partial charge on any atom is -0.388 e. The fourth-order valence-corrected chi connectivity index (χ4v) is 5.05. The number of fused-ring (bicyclic) bond motifs is 1. The smallest absolute Gasteiger partial charge is 0.276 e. The Morgan fingerprint density at radius 2 is 2.00 bits per heavy atom. The van der Waals surface area contributed by atoms with Gasteiger partial charge in [0.2, 0.25) is 11.8 Å². The summed E-state index contributed by atoms with van der Waals surface area (Å²) in [4.78, 5) is 53.1. The quantitative estimate of drug-likeness (QED) is 0.564. The molecule has 1 unspecified atom stereocenters. The first-order valence-electron chi connectivity index (χ1n) is 11.8. The van der Waals surface area contributed by atoms with Crippen LogP contribution in [-0.2, 0) is 20.9 Å². The molecule has 4 heterocycles. The Morgan fingerprint density at radius 1 is 1.22 bits per heavy atom. The normalized spacial score (nSPS) is 24.2. The molecule has 1 aromatic heterocycles. The van der Waals surface area contributed by atoms with E-state index in [4.69, 9.17) is 4.74 Å². The molecule has 3 aliphatic heterocycles. The fourth-order valence-electron chi connectivity index (χ4n) is 5.05. The molecule has 0 aliphatic carbocycles. The molecule has 2 fully saturated rings. The number of amides is 4. The summed E-state index contributed by atoms with van der Waals surface area (Å²) in [7, 11) is 0. The molecule has 2 N–H and O–H groups in total. The van der Waals surface area contributed by atoms with Gasteiger partial charge in [0.05, 0.1) is 37.2 Å². The molecule has 0 radical (unpaired) electrons. The molecule has 2 saturated heterocycles. The molecule has 190 valence electrons. The van der Waals surface area contributed by atoms with Crippen LogP contribution in [0.2, 0.25) is 0 Å². The minimum absolute atomic E-state index is 0.116. The zero-order chi connectivity index (χ0) is 25.8. The lowest BCUT2D eigenvalue weighted by atomic mass is 10.00. The van der Waals surface area contributed by atoms with E-state index < -0.39 is 29.6 Å². The van der Waals surface area contributed by atoms with Crippen molar-refractivity contribution in [3.8, 4) is 5.69 Å². The van der Waals surface area contributed by atoms with E-state index in [0.29, 0.717) is 16.8 Å². The third-order valence-electron chi connectivity index (χ3n) is 6.78. The number of aromatic nitrogens is 3. The maximum atomic E-state index is 13.4. The van der Waals surface area contributed by atoms with Crippen LogP contribution in [-0.4, -0.2) is 90.5 Å². The number of carbonyl (C=O) groups is 4. The Hall–Kier alpha value is -3.64. The molecule has 3 aliphatic rings. The summed E-state index contributed by atoms with van der Waals surface area (Å²) in [6.45, 7) is 6.28. The van der Waals surface area contributed by atoms with Crippen LogP contribution in [0.5, 0.6) is 0 Å². The standard InChI is InChI=1S/C24H28N6O6/c1-24(2,3)30(18-11-36-12-19(18)31)23(35)16-10-29(27-26-16)14-4-5-15-13(8-14)9-28(22(15)34)17-6-7-20(32)25-21(17)33/h4-5,8,10,17-19,31H,6-7,9,11-12H2,1-3H3,(H,25,32,33)/t17?,18-,19-/m1/s1. The second kappa shape index (κ2) is 8.79. The molecule has 0 bridgehead atoms.